The number of ether oxygens (including phenoxy) is 1. The summed E-state index contributed by atoms with van der Waals surface area (Å²) < 4.78 is 6.30. The van der Waals surface area contributed by atoms with E-state index < -0.39 is 11.8 Å². The van der Waals surface area contributed by atoms with Crippen LogP contribution in [0.5, 0.6) is 5.75 Å². The van der Waals surface area contributed by atoms with Crippen molar-refractivity contribution in [1.29, 1.82) is 0 Å². The highest BCUT2D eigenvalue weighted by molar-refractivity contribution is 9.10. The van der Waals surface area contributed by atoms with Gasteiger partial charge < -0.3 is 10.1 Å². The lowest BCUT2D eigenvalue weighted by atomic mass is 10.2. The Hall–Kier alpha value is -2.58. The fourth-order valence-corrected chi connectivity index (χ4v) is 2.70. The van der Waals surface area contributed by atoms with Gasteiger partial charge in [0.25, 0.3) is 5.91 Å². The molecule has 0 fully saturated rings. The van der Waals surface area contributed by atoms with Gasteiger partial charge in [0.2, 0.25) is 11.8 Å². The number of carbonyl (C=O) groups is 3. The molecule has 0 heterocycles. The van der Waals surface area contributed by atoms with Crippen molar-refractivity contribution >= 4 is 50.9 Å². The highest BCUT2D eigenvalue weighted by atomic mass is 79.9. The van der Waals surface area contributed by atoms with Crippen LogP contribution in [0.15, 0.2) is 40.9 Å². The van der Waals surface area contributed by atoms with Crippen LogP contribution in [0.4, 0.5) is 5.69 Å². The van der Waals surface area contributed by atoms with E-state index in [0.29, 0.717) is 16.5 Å². The standard InChI is InChI=1S/C20H21BrClN3O4/c1-12-10-14(6-7-15(12)21)29-11-20(28)25-24-19(27)9-8-18(26)23-17-5-3-4-16(22)13(17)2/h3-7,10H,8-9,11H2,1-2H3,(H,23,26)(H,24,27)(H,25,28). The lowest BCUT2D eigenvalue weighted by Crippen LogP contribution is -2.44. The number of anilines is 1. The molecule has 3 N–H and O–H groups in total. The van der Waals surface area contributed by atoms with Gasteiger partial charge in [-0.25, -0.2) is 0 Å². The second kappa shape index (κ2) is 10.8. The maximum Gasteiger partial charge on any atom is 0.276 e. The second-order valence-electron chi connectivity index (χ2n) is 6.26. The first-order chi connectivity index (χ1) is 13.8. The summed E-state index contributed by atoms with van der Waals surface area (Å²) in [5, 5.41) is 3.25. The largest absolute Gasteiger partial charge is 0.484 e. The third kappa shape index (κ3) is 7.40. The Morgan fingerprint density at radius 3 is 2.41 bits per heavy atom. The van der Waals surface area contributed by atoms with Crippen LogP contribution in [0.1, 0.15) is 24.0 Å². The normalized spacial score (nSPS) is 10.2. The van der Waals surface area contributed by atoms with E-state index in [9.17, 15) is 14.4 Å². The number of benzene rings is 2. The molecule has 0 bridgehead atoms. The predicted molar refractivity (Wildman–Crippen MR) is 115 cm³/mol. The fourth-order valence-electron chi connectivity index (χ4n) is 2.28. The molecular formula is C20H21BrClN3O4. The minimum Gasteiger partial charge on any atom is -0.484 e. The summed E-state index contributed by atoms with van der Waals surface area (Å²) in [5.41, 5.74) is 6.82. The minimum atomic E-state index is -0.516. The third-order valence-electron chi connectivity index (χ3n) is 3.96. The molecule has 0 spiro atoms. The number of aryl methyl sites for hydroxylation is 1. The molecule has 2 aromatic carbocycles. The van der Waals surface area contributed by atoms with Crippen molar-refractivity contribution in [2.75, 3.05) is 11.9 Å². The van der Waals surface area contributed by atoms with Crippen molar-refractivity contribution in [3.63, 3.8) is 0 Å². The number of hydrogen-bond donors (Lipinski definition) is 3. The monoisotopic (exact) mass is 481 g/mol. The topological polar surface area (TPSA) is 96.5 Å². The average molecular weight is 483 g/mol. The molecule has 2 aromatic rings. The fraction of sp³-hybridized carbons (Fsp3) is 0.250. The van der Waals surface area contributed by atoms with E-state index in [1.54, 1.807) is 37.3 Å². The first-order valence-electron chi connectivity index (χ1n) is 8.78. The van der Waals surface area contributed by atoms with Gasteiger partial charge in [0.05, 0.1) is 0 Å². The molecule has 29 heavy (non-hydrogen) atoms. The number of halogens is 2. The molecule has 154 valence electrons. The molecule has 0 unspecified atom stereocenters. The van der Waals surface area contributed by atoms with E-state index in [1.165, 1.54) is 0 Å². The molecule has 0 aliphatic heterocycles. The van der Waals surface area contributed by atoms with Gasteiger partial charge >= 0.3 is 0 Å². The number of amides is 3. The van der Waals surface area contributed by atoms with Crippen molar-refractivity contribution in [3.8, 4) is 5.75 Å². The van der Waals surface area contributed by atoms with Crippen LogP contribution in [0.3, 0.4) is 0 Å². The highest BCUT2D eigenvalue weighted by Crippen LogP contribution is 2.23. The summed E-state index contributed by atoms with van der Waals surface area (Å²) in [7, 11) is 0. The van der Waals surface area contributed by atoms with Gasteiger partial charge in [0.1, 0.15) is 5.75 Å². The van der Waals surface area contributed by atoms with Gasteiger partial charge in [-0.1, -0.05) is 33.6 Å². The maximum atomic E-state index is 12.0. The Morgan fingerprint density at radius 1 is 1.00 bits per heavy atom. The summed E-state index contributed by atoms with van der Waals surface area (Å²) in [4.78, 5) is 35.6. The van der Waals surface area contributed by atoms with Crippen LogP contribution in [0.2, 0.25) is 5.02 Å². The van der Waals surface area contributed by atoms with E-state index in [0.717, 1.165) is 15.6 Å². The minimum absolute atomic E-state index is 0.0394. The highest BCUT2D eigenvalue weighted by Gasteiger charge is 2.11. The molecule has 0 saturated heterocycles. The van der Waals surface area contributed by atoms with Crippen molar-refractivity contribution in [3.05, 3.63) is 57.0 Å². The smallest absolute Gasteiger partial charge is 0.276 e. The summed E-state index contributed by atoms with van der Waals surface area (Å²) >= 11 is 9.39. The molecule has 0 aromatic heterocycles. The Morgan fingerprint density at radius 2 is 1.69 bits per heavy atom. The first kappa shape index (κ1) is 22.7. The first-order valence-corrected chi connectivity index (χ1v) is 9.95. The van der Waals surface area contributed by atoms with E-state index in [1.807, 2.05) is 13.0 Å². The van der Waals surface area contributed by atoms with Gasteiger partial charge in [-0.05, 0) is 55.3 Å². The van der Waals surface area contributed by atoms with Crippen molar-refractivity contribution in [2.24, 2.45) is 0 Å². The van der Waals surface area contributed by atoms with Crippen molar-refractivity contribution < 1.29 is 19.1 Å². The molecule has 0 aliphatic rings. The Balaban J connectivity index is 1.68. The summed E-state index contributed by atoms with van der Waals surface area (Å²) in [6.45, 7) is 3.44. The van der Waals surface area contributed by atoms with Gasteiger partial charge in [-0.15, -0.1) is 0 Å². The lowest BCUT2D eigenvalue weighted by molar-refractivity contribution is -0.130. The van der Waals surface area contributed by atoms with Crippen LogP contribution in [-0.4, -0.2) is 24.3 Å². The number of carbonyl (C=O) groups excluding carboxylic acids is 3. The van der Waals surface area contributed by atoms with Crippen molar-refractivity contribution in [1.82, 2.24) is 10.9 Å². The van der Waals surface area contributed by atoms with Crippen molar-refractivity contribution in [2.45, 2.75) is 26.7 Å². The molecule has 2 rings (SSSR count). The molecule has 9 heteroatoms. The Bertz CT molecular complexity index is 921. The molecular weight excluding hydrogens is 462 g/mol. The second-order valence-corrected chi connectivity index (χ2v) is 7.52. The van der Waals surface area contributed by atoms with Gasteiger partial charge in [0.15, 0.2) is 6.61 Å². The Labute approximate surface area is 182 Å². The van der Waals surface area contributed by atoms with Crippen LogP contribution in [0.25, 0.3) is 0 Å². The molecule has 0 aliphatic carbocycles. The molecule has 0 atom stereocenters. The SMILES string of the molecule is Cc1cc(OCC(=O)NNC(=O)CCC(=O)Nc2cccc(Cl)c2C)ccc1Br. The molecule has 3 amide bonds. The van der Waals surface area contributed by atoms with E-state index in [4.69, 9.17) is 16.3 Å². The lowest BCUT2D eigenvalue weighted by Gasteiger charge is -2.11. The van der Waals surface area contributed by atoms with E-state index in [2.05, 4.69) is 32.1 Å². The number of hydrazine groups is 1. The number of hydrogen-bond acceptors (Lipinski definition) is 4. The zero-order valence-electron chi connectivity index (χ0n) is 16.0. The van der Waals surface area contributed by atoms with Gasteiger partial charge in [0, 0.05) is 28.0 Å². The molecule has 0 radical (unpaired) electrons. The molecule has 7 nitrogen and oxygen atoms in total. The maximum absolute atomic E-state index is 12.0. The summed E-state index contributed by atoms with van der Waals surface area (Å²) in [6.07, 6.45) is -0.124. The van der Waals surface area contributed by atoms with E-state index >= 15 is 0 Å². The van der Waals surface area contributed by atoms with Crippen LogP contribution in [0, 0.1) is 13.8 Å². The summed E-state index contributed by atoms with van der Waals surface area (Å²) in [6, 6.07) is 10.5. The quantitative estimate of drug-likeness (QED) is 0.525. The van der Waals surface area contributed by atoms with E-state index in [-0.39, 0.29) is 25.4 Å². The van der Waals surface area contributed by atoms with Crippen LogP contribution in [-0.2, 0) is 14.4 Å². The van der Waals surface area contributed by atoms with Crippen LogP contribution >= 0.6 is 27.5 Å². The number of nitrogens with one attached hydrogen (secondary N) is 3. The van der Waals surface area contributed by atoms with Gasteiger partial charge in [-0.3, -0.25) is 25.2 Å². The zero-order valence-corrected chi connectivity index (χ0v) is 18.3. The summed E-state index contributed by atoms with van der Waals surface area (Å²) in [5.74, 6) is -0.792. The molecule has 0 saturated carbocycles. The van der Waals surface area contributed by atoms with Crippen LogP contribution < -0.4 is 20.9 Å². The average Bonchev–Trinajstić information content (AvgIpc) is 2.69. The Kier molecular flexibility index (Phi) is 8.48. The van der Waals surface area contributed by atoms with Gasteiger partial charge in [-0.2, -0.15) is 0 Å². The zero-order chi connectivity index (χ0) is 21.4. The number of rotatable bonds is 7. The third-order valence-corrected chi connectivity index (χ3v) is 5.26. The predicted octanol–water partition coefficient (Wildman–Crippen LogP) is 3.66.